The molecular formula is C10H17N3S. The van der Waals surface area contributed by atoms with Crippen molar-refractivity contribution in [2.45, 2.75) is 32.9 Å². The second-order valence-corrected chi connectivity index (χ2v) is 5.08. The molecule has 4 heteroatoms. The number of aryl methyl sites for hydroxylation is 1. The summed E-state index contributed by atoms with van der Waals surface area (Å²) < 4.78 is 0. The molecule has 0 spiro atoms. The Bertz CT molecular complexity index is 302. The predicted molar refractivity (Wildman–Crippen MR) is 59.3 cm³/mol. The van der Waals surface area contributed by atoms with Crippen LogP contribution in [0, 0.1) is 6.92 Å². The van der Waals surface area contributed by atoms with Gasteiger partial charge in [-0.2, -0.15) is 0 Å². The van der Waals surface area contributed by atoms with Crippen LogP contribution in [0.5, 0.6) is 0 Å². The molecule has 1 fully saturated rings. The number of nitrogens with zero attached hydrogens (tertiary/aromatic N) is 2. The van der Waals surface area contributed by atoms with Crippen molar-refractivity contribution in [1.82, 2.24) is 9.88 Å². The molecule has 0 saturated carbocycles. The molecule has 1 aliphatic heterocycles. The minimum Gasteiger partial charge on any atom is -0.325 e. The molecule has 1 aromatic rings. The number of rotatable bonds is 3. The zero-order valence-electron chi connectivity index (χ0n) is 8.62. The summed E-state index contributed by atoms with van der Waals surface area (Å²) in [5.74, 6) is 0. The molecule has 14 heavy (non-hydrogen) atoms. The second kappa shape index (κ2) is 4.38. The van der Waals surface area contributed by atoms with Crippen molar-refractivity contribution < 1.29 is 0 Å². The van der Waals surface area contributed by atoms with Crippen LogP contribution in [0.2, 0.25) is 0 Å². The minimum atomic E-state index is 0.577. The molecule has 1 aromatic heterocycles. The summed E-state index contributed by atoms with van der Waals surface area (Å²) in [4.78, 5) is 8.30. The fourth-order valence-corrected chi connectivity index (χ4v) is 2.95. The van der Waals surface area contributed by atoms with Crippen LogP contribution in [-0.2, 0) is 13.1 Å². The Balaban J connectivity index is 2.06. The van der Waals surface area contributed by atoms with E-state index in [9.17, 15) is 0 Å². The Morgan fingerprint density at radius 2 is 2.14 bits per heavy atom. The molecule has 0 amide bonds. The van der Waals surface area contributed by atoms with E-state index in [1.165, 1.54) is 30.8 Å². The lowest BCUT2D eigenvalue weighted by molar-refractivity contribution is 0.333. The number of thiazole rings is 1. The molecule has 0 aromatic carbocycles. The highest BCUT2D eigenvalue weighted by Crippen LogP contribution is 2.21. The van der Waals surface area contributed by atoms with Crippen LogP contribution < -0.4 is 5.73 Å². The van der Waals surface area contributed by atoms with Gasteiger partial charge in [0.15, 0.2) is 0 Å². The van der Waals surface area contributed by atoms with Crippen molar-refractivity contribution in [3.8, 4) is 0 Å². The minimum absolute atomic E-state index is 0.577. The van der Waals surface area contributed by atoms with Crippen molar-refractivity contribution >= 4 is 11.3 Å². The van der Waals surface area contributed by atoms with Crippen LogP contribution in [0.25, 0.3) is 0 Å². The van der Waals surface area contributed by atoms with Gasteiger partial charge in [-0.25, -0.2) is 4.98 Å². The van der Waals surface area contributed by atoms with Gasteiger partial charge >= 0.3 is 0 Å². The van der Waals surface area contributed by atoms with Gasteiger partial charge < -0.3 is 5.73 Å². The van der Waals surface area contributed by atoms with E-state index in [1.54, 1.807) is 11.3 Å². The normalized spacial score (nSPS) is 17.9. The van der Waals surface area contributed by atoms with Gasteiger partial charge in [-0.15, -0.1) is 11.3 Å². The summed E-state index contributed by atoms with van der Waals surface area (Å²) in [6, 6.07) is 0. The maximum absolute atomic E-state index is 5.66. The SMILES string of the molecule is Cc1nc(CN)c(CN2CCCC2)s1. The van der Waals surface area contributed by atoms with Crippen LogP contribution in [0.3, 0.4) is 0 Å². The molecule has 2 rings (SSSR count). The average Bonchev–Trinajstić information content (AvgIpc) is 2.76. The van der Waals surface area contributed by atoms with Crippen molar-refractivity contribution in [2.75, 3.05) is 13.1 Å². The van der Waals surface area contributed by atoms with Gasteiger partial charge in [-0.1, -0.05) is 0 Å². The monoisotopic (exact) mass is 211 g/mol. The Hall–Kier alpha value is -0.450. The fraction of sp³-hybridized carbons (Fsp3) is 0.700. The number of aromatic nitrogens is 1. The molecule has 78 valence electrons. The van der Waals surface area contributed by atoms with Crippen LogP contribution in [0.1, 0.15) is 28.4 Å². The van der Waals surface area contributed by atoms with E-state index in [2.05, 4.69) is 16.8 Å². The lowest BCUT2D eigenvalue weighted by atomic mass is 10.3. The van der Waals surface area contributed by atoms with E-state index in [1.807, 2.05) is 0 Å². The highest BCUT2D eigenvalue weighted by molar-refractivity contribution is 7.11. The second-order valence-electron chi connectivity index (χ2n) is 3.79. The van der Waals surface area contributed by atoms with Gasteiger partial charge in [0.25, 0.3) is 0 Å². The third-order valence-corrected chi connectivity index (χ3v) is 3.64. The highest BCUT2D eigenvalue weighted by atomic mass is 32.1. The Kier molecular flexibility index (Phi) is 3.15. The summed E-state index contributed by atoms with van der Waals surface area (Å²) in [5.41, 5.74) is 6.76. The summed E-state index contributed by atoms with van der Waals surface area (Å²) >= 11 is 1.79. The Morgan fingerprint density at radius 3 is 2.79 bits per heavy atom. The maximum Gasteiger partial charge on any atom is 0.0901 e. The number of hydrogen-bond donors (Lipinski definition) is 1. The lowest BCUT2D eigenvalue weighted by Crippen LogP contribution is -2.18. The van der Waals surface area contributed by atoms with E-state index in [-0.39, 0.29) is 0 Å². The fourth-order valence-electron chi connectivity index (χ4n) is 1.94. The molecule has 1 aliphatic rings. The molecule has 1 saturated heterocycles. The zero-order chi connectivity index (χ0) is 9.97. The Morgan fingerprint density at radius 1 is 1.43 bits per heavy atom. The number of likely N-dealkylation sites (tertiary alicyclic amines) is 1. The number of nitrogens with two attached hydrogens (primary N) is 1. The smallest absolute Gasteiger partial charge is 0.0901 e. The van der Waals surface area contributed by atoms with Crippen molar-refractivity contribution in [3.63, 3.8) is 0 Å². The van der Waals surface area contributed by atoms with Crippen LogP contribution in [0.4, 0.5) is 0 Å². The van der Waals surface area contributed by atoms with E-state index >= 15 is 0 Å². The van der Waals surface area contributed by atoms with Crippen molar-refractivity contribution in [1.29, 1.82) is 0 Å². The van der Waals surface area contributed by atoms with Gasteiger partial charge in [-0.3, -0.25) is 4.90 Å². The summed E-state index contributed by atoms with van der Waals surface area (Å²) in [6.45, 7) is 6.16. The molecule has 0 bridgehead atoms. The van der Waals surface area contributed by atoms with Crippen molar-refractivity contribution in [2.24, 2.45) is 5.73 Å². The maximum atomic E-state index is 5.66. The standard InChI is InChI=1S/C10H17N3S/c1-8-12-9(6-11)10(14-8)7-13-4-2-3-5-13/h2-7,11H2,1H3. The first-order valence-corrected chi connectivity index (χ1v) is 5.99. The van der Waals surface area contributed by atoms with Crippen molar-refractivity contribution in [3.05, 3.63) is 15.6 Å². The van der Waals surface area contributed by atoms with E-state index in [0.29, 0.717) is 6.54 Å². The topological polar surface area (TPSA) is 42.1 Å². The van der Waals surface area contributed by atoms with Crippen LogP contribution in [-0.4, -0.2) is 23.0 Å². The first kappa shape index (κ1) is 10.1. The first-order chi connectivity index (χ1) is 6.79. The zero-order valence-corrected chi connectivity index (χ0v) is 9.44. The third-order valence-electron chi connectivity index (χ3n) is 2.64. The van der Waals surface area contributed by atoms with Gasteiger partial charge in [0, 0.05) is 18.0 Å². The van der Waals surface area contributed by atoms with E-state index < -0.39 is 0 Å². The first-order valence-electron chi connectivity index (χ1n) is 5.17. The molecule has 0 atom stereocenters. The summed E-state index contributed by atoms with van der Waals surface area (Å²) in [5, 5.41) is 1.14. The molecule has 3 nitrogen and oxygen atoms in total. The largest absolute Gasteiger partial charge is 0.325 e. The number of hydrogen-bond acceptors (Lipinski definition) is 4. The van der Waals surface area contributed by atoms with E-state index in [4.69, 9.17) is 5.73 Å². The van der Waals surface area contributed by atoms with Crippen LogP contribution >= 0.6 is 11.3 Å². The van der Waals surface area contributed by atoms with Gasteiger partial charge in [0.05, 0.1) is 10.7 Å². The Labute approximate surface area is 88.9 Å². The lowest BCUT2D eigenvalue weighted by Gasteiger charge is -2.13. The molecule has 2 N–H and O–H groups in total. The van der Waals surface area contributed by atoms with Gasteiger partial charge in [-0.05, 0) is 32.9 Å². The van der Waals surface area contributed by atoms with Gasteiger partial charge in [0.2, 0.25) is 0 Å². The molecular weight excluding hydrogens is 194 g/mol. The van der Waals surface area contributed by atoms with E-state index in [0.717, 1.165) is 17.2 Å². The quantitative estimate of drug-likeness (QED) is 0.824. The average molecular weight is 211 g/mol. The molecule has 0 unspecified atom stereocenters. The molecule has 0 aliphatic carbocycles. The highest BCUT2D eigenvalue weighted by Gasteiger charge is 2.15. The summed E-state index contributed by atoms with van der Waals surface area (Å²) in [6.07, 6.45) is 2.69. The summed E-state index contributed by atoms with van der Waals surface area (Å²) in [7, 11) is 0. The predicted octanol–water partition coefficient (Wildman–Crippen LogP) is 1.51. The van der Waals surface area contributed by atoms with Crippen LogP contribution in [0.15, 0.2) is 0 Å². The third kappa shape index (κ3) is 2.13. The molecule has 2 heterocycles. The molecule has 0 radical (unpaired) electrons. The van der Waals surface area contributed by atoms with Gasteiger partial charge in [0.1, 0.15) is 0 Å².